The predicted molar refractivity (Wildman–Crippen MR) is 54.9 cm³/mol. The molecule has 2 rings (SSSR count). The topological polar surface area (TPSA) is 15.6 Å². The van der Waals surface area contributed by atoms with Crippen molar-refractivity contribution in [3.8, 4) is 0 Å². The van der Waals surface area contributed by atoms with Crippen LogP contribution >= 0.6 is 0 Å². The minimum Gasteiger partial charge on any atom is -0.357 e. The van der Waals surface area contributed by atoms with Crippen LogP contribution in [0.2, 0.25) is 0 Å². The Morgan fingerprint density at radius 2 is 2.38 bits per heavy atom. The van der Waals surface area contributed by atoms with Crippen LogP contribution in [0.1, 0.15) is 11.1 Å². The van der Waals surface area contributed by atoms with Gasteiger partial charge in [0.1, 0.15) is 0 Å². The van der Waals surface area contributed by atoms with E-state index in [-0.39, 0.29) is 0 Å². The first-order valence-corrected chi connectivity index (χ1v) is 4.64. The van der Waals surface area contributed by atoms with Gasteiger partial charge in [0.2, 0.25) is 0 Å². The molecule has 0 unspecified atom stereocenters. The molecule has 0 amide bonds. The highest BCUT2D eigenvalue weighted by molar-refractivity contribution is 5.57. The summed E-state index contributed by atoms with van der Waals surface area (Å²) in [5.41, 5.74) is 2.70. The van der Waals surface area contributed by atoms with Crippen molar-refractivity contribution in [2.24, 2.45) is 4.99 Å². The van der Waals surface area contributed by atoms with Gasteiger partial charge in [-0.2, -0.15) is 0 Å². The maximum absolute atomic E-state index is 4.18. The third-order valence-corrected chi connectivity index (χ3v) is 2.23. The Balaban J connectivity index is 2.04. The zero-order chi connectivity index (χ0) is 9.10. The summed E-state index contributed by atoms with van der Waals surface area (Å²) in [7, 11) is 0. The molecule has 68 valence electrons. The zero-order valence-electron chi connectivity index (χ0n) is 7.90. The van der Waals surface area contributed by atoms with Crippen LogP contribution in [0.5, 0.6) is 0 Å². The summed E-state index contributed by atoms with van der Waals surface area (Å²) in [5.74, 6) is 0. The van der Waals surface area contributed by atoms with Gasteiger partial charge in [-0.3, -0.25) is 4.99 Å². The fourth-order valence-electron chi connectivity index (χ4n) is 1.58. The highest BCUT2D eigenvalue weighted by atomic mass is 15.2. The van der Waals surface area contributed by atoms with Crippen molar-refractivity contribution in [3.05, 3.63) is 35.4 Å². The van der Waals surface area contributed by atoms with E-state index >= 15 is 0 Å². The van der Waals surface area contributed by atoms with Crippen LogP contribution in [-0.4, -0.2) is 24.3 Å². The number of rotatable bonds is 2. The lowest BCUT2D eigenvalue weighted by atomic mass is 10.1. The molecule has 1 aliphatic heterocycles. The van der Waals surface area contributed by atoms with Gasteiger partial charge >= 0.3 is 0 Å². The molecule has 0 spiro atoms. The highest BCUT2D eigenvalue weighted by Gasteiger charge is 2.05. The van der Waals surface area contributed by atoms with Crippen molar-refractivity contribution in [1.82, 2.24) is 4.90 Å². The molecule has 0 fully saturated rings. The van der Waals surface area contributed by atoms with Gasteiger partial charge in [0, 0.05) is 13.1 Å². The number of nitrogens with zero attached hydrogens (tertiary/aromatic N) is 2. The number of aryl methyl sites for hydroxylation is 1. The Morgan fingerprint density at radius 1 is 1.46 bits per heavy atom. The van der Waals surface area contributed by atoms with E-state index in [1.54, 1.807) is 0 Å². The molecule has 0 radical (unpaired) electrons. The largest absolute Gasteiger partial charge is 0.357 e. The molecule has 2 heteroatoms. The summed E-state index contributed by atoms with van der Waals surface area (Å²) in [5, 5.41) is 0. The normalized spacial score (nSPS) is 15.3. The SMILES string of the molecule is Cc1cccc(CN2C=NCC2)c1. The fourth-order valence-corrected chi connectivity index (χ4v) is 1.58. The number of aliphatic imine (C=N–C) groups is 1. The molecule has 0 saturated heterocycles. The standard InChI is InChI=1S/C11H14N2/c1-10-3-2-4-11(7-10)8-13-6-5-12-9-13/h2-4,7,9H,5-6,8H2,1H3. The smallest absolute Gasteiger partial charge is 0.0854 e. The van der Waals surface area contributed by atoms with E-state index in [1.807, 2.05) is 6.34 Å². The molecular formula is C11H14N2. The lowest BCUT2D eigenvalue weighted by Crippen LogP contribution is -2.18. The maximum atomic E-state index is 4.18. The van der Waals surface area contributed by atoms with Gasteiger partial charge in [-0.1, -0.05) is 29.8 Å². The molecule has 0 saturated carbocycles. The van der Waals surface area contributed by atoms with Crippen molar-refractivity contribution in [3.63, 3.8) is 0 Å². The van der Waals surface area contributed by atoms with Gasteiger partial charge < -0.3 is 4.90 Å². The molecule has 0 aliphatic carbocycles. The summed E-state index contributed by atoms with van der Waals surface area (Å²) in [6, 6.07) is 8.63. The monoisotopic (exact) mass is 174 g/mol. The first-order chi connectivity index (χ1) is 6.34. The third-order valence-electron chi connectivity index (χ3n) is 2.23. The van der Waals surface area contributed by atoms with Crippen LogP contribution in [0.4, 0.5) is 0 Å². The summed E-state index contributed by atoms with van der Waals surface area (Å²) in [4.78, 5) is 6.43. The molecule has 1 aromatic carbocycles. The molecule has 1 aliphatic rings. The Morgan fingerprint density at radius 3 is 3.08 bits per heavy atom. The van der Waals surface area contributed by atoms with E-state index in [0.717, 1.165) is 19.6 Å². The van der Waals surface area contributed by atoms with E-state index in [2.05, 4.69) is 41.1 Å². The van der Waals surface area contributed by atoms with E-state index in [0.29, 0.717) is 0 Å². The van der Waals surface area contributed by atoms with E-state index in [1.165, 1.54) is 11.1 Å². The Hall–Kier alpha value is -1.31. The maximum Gasteiger partial charge on any atom is 0.0854 e. The van der Waals surface area contributed by atoms with Gasteiger partial charge in [-0.25, -0.2) is 0 Å². The molecule has 1 aromatic rings. The molecular weight excluding hydrogens is 160 g/mol. The Kier molecular flexibility index (Phi) is 2.30. The van der Waals surface area contributed by atoms with E-state index in [9.17, 15) is 0 Å². The molecule has 0 atom stereocenters. The average Bonchev–Trinajstić information content (AvgIpc) is 2.57. The second-order valence-electron chi connectivity index (χ2n) is 3.48. The van der Waals surface area contributed by atoms with E-state index in [4.69, 9.17) is 0 Å². The minimum absolute atomic E-state index is 0.950. The first-order valence-electron chi connectivity index (χ1n) is 4.64. The van der Waals surface area contributed by atoms with Gasteiger partial charge in [-0.05, 0) is 12.5 Å². The highest BCUT2D eigenvalue weighted by Crippen LogP contribution is 2.07. The molecule has 0 aromatic heterocycles. The Labute approximate surface area is 78.9 Å². The van der Waals surface area contributed by atoms with Crippen molar-refractivity contribution in [1.29, 1.82) is 0 Å². The number of hydrogen-bond donors (Lipinski definition) is 0. The summed E-state index contributed by atoms with van der Waals surface area (Å²) >= 11 is 0. The Bertz CT molecular complexity index is 318. The quantitative estimate of drug-likeness (QED) is 0.668. The molecule has 0 bridgehead atoms. The van der Waals surface area contributed by atoms with Crippen LogP contribution in [-0.2, 0) is 6.54 Å². The second-order valence-corrected chi connectivity index (χ2v) is 3.48. The first kappa shape index (κ1) is 8.30. The summed E-state index contributed by atoms with van der Waals surface area (Å²) in [6.07, 6.45) is 1.95. The van der Waals surface area contributed by atoms with Crippen molar-refractivity contribution in [2.75, 3.05) is 13.1 Å². The van der Waals surface area contributed by atoms with Crippen LogP contribution in [0, 0.1) is 6.92 Å². The number of hydrogen-bond acceptors (Lipinski definition) is 2. The van der Waals surface area contributed by atoms with Crippen molar-refractivity contribution < 1.29 is 0 Å². The third kappa shape index (κ3) is 2.08. The van der Waals surface area contributed by atoms with E-state index < -0.39 is 0 Å². The second kappa shape index (κ2) is 3.60. The lowest BCUT2D eigenvalue weighted by molar-refractivity contribution is 0.463. The molecule has 0 N–H and O–H groups in total. The van der Waals surface area contributed by atoms with Crippen molar-refractivity contribution in [2.45, 2.75) is 13.5 Å². The average molecular weight is 174 g/mol. The predicted octanol–water partition coefficient (Wildman–Crippen LogP) is 1.84. The molecule has 1 heterocycles. The molecule has 2 nitrogen and oxygen atoms in total. The van der Waals surface area contributed by atoms with Crippen LogP contribution in [0.15, 0.2) is 29.3 Å². The zero-order valence-corrected chi connectivity index (χ0v) is 7.90. The van der Waals surface area contributed by atoms with Gasteiger partial charge in [-0.15, -0.1) is 0 Å². The van der Waals surface area contributed by atoms with Crippen molar-refractivity contribution >= 4 is 6.34 Å². The summed E-state index contributed by atoms with van der Waals surface area (Å²) in [6.45, 7) is 5.13. The number of benzene rings is 1. The fraction of sp³-hybridized carbons (Fsp3) is 0.364. The van der Waals surface area contributed by atoms with Gasteiger partial charge in [0.25, 0.3) is 0 Å². The van der Waals surface area contributed by atoms with Crippen LogP contribution in [0.25, 0.3) is 0 Å². The van der Waals surface area contributed by atoms with Crippen LogP contribution in [0.3, 0.4) is 0 Å². The van der Waals surface area contributed by atoms with Gasteiger partial charge in [0.05, 0.1) is 12.9 Å². The van der Waals surface area contributed by atoms with Crippen LogP contribution < -0.4 is 0 Å². The minimum atomic E-state index is 0.950. The summed E-state index contributed by atoms with van der Waals surface area (Å²) < 4.78 is 0. The molecule has 13 heavy (non-hydrogen) atoms. The lowest BCUT2D eigenvalue weighted by Gasteiger charge is -2.13. The van der Waals surface area contributed by atoms with Gasteiger partial charge in [0.15, 0.2) is 0 Å².